The Morgan fingerprint density at radius 1 is 1.31 bits per heavy atom. The topological polar surface area (TPSA) is 25.8 Å². The molecule has 0 spiro atoms. The van der Waals surface area contributed by atoms with Crippen molar-refractivity contribution in [1.82, 2.24) is 10.2 Å². The van der Waals surface area contributed by atoms with E-state index in [1.54, 1.807) is 0 Å². The summed E-state index contributed by atoms with van der Waals surface area (Å²) in [6, 6.07) is 5.96. The fourth-order valence-electron chi connectivity index (χ4n) is 1.17. The summed E-state index contributed by atoms with van der Waals surface area (Å²) in [5.41, 5.74) is 1.03. The van der Waals surface area contributed by atoms with Gasteiger partial charge in [-0.2, -0.15) is 0 Å². The molecule has 6 heteroatoms. The summed E-state index contributed by atoms with van der Waals surface area (Å²) >= 11 is 14.4. The van der Waals surface area contributed by atoms with E-state index in [0.29, 0.717) is 0 Å². The molecule has 1 heterocycles. The van der Waals surface area contributed by atoms with E-state index in [1.807, 2.05) is 25.1 Å². The molecule has 0 aliphatic rings. The van der Waals surface area contributed by atoms with Crippen molar-refractivity contribution in [2.75, 3.05) is 0 Å². The van der Waals surface area contributed by atoms with Crippen molar-refractivity contribution in [1.29, 1.82) is 0 Å². The van der Waals surface area contributed by atoms with Crippen molar-refractivity contribution in [3.63, 3.8) is 0 Å². The Morgan fingerprint density at radius 3 is 2.62 bits per heavy atom. The van der Waals surface area contributed by atoms with Crippen LogP contribution >= 0.6 is 54.8 Å². The zero-order valence-corrected chi connectivity index (χ0v) is 13.0. The summed E-state index contributed by atoms with van der Waals surface area (Å²) in [7, 11) is 0. The number of nitrogens with zero attached hydrogens (tertiary/aromatic N) is 2. The third kappa shape index (κ3) is 2.64. The number of aromatic nitrogens is 2. The van der Waals surface area contributed by atoms with Crippen molar-refractivity contribution >= 4 is 54.8 Å². The second kappa shape index (κ2) is 5.12. The number of halogens is 3. The lowest BCUT2D eigenvalue weighted by molar-refractivity contribution is 0.962. The van der Waals surface area contributed by atoms with Crippen LogP contribution in [0.1, 0.15) is 17.3 Å². The first-order valence-electron chi connectivity index (χ1n) is 4.51. The van der Waals surface area contributed by atoms with Gasteiger partial charge in [-0.05, 0) is 25.1 Å². The smallest absolute Gasteiger partial charge is 0.142 e. The maximum atomic E-state index is 5.96. The van der Waals surface area contributed by atoms with Crippen LogP contribution in [-0.4, -0.2) is 10.2 Å². The molecule has 1 unspecified atom stereocenters. The lowest BCUT2D eigenvalue weighted by atomic mass is 10.2. The zero-order chi connectivity index (χ0) is 11.7. The molecule has 2 aromatic rings. The van der Waals surface area contributed by atoms with Gasteiger partial charge in [0.2, 0.25) is 0 Å². The van der Waals surface area contributed by atoms with E-state index < -0.39 is 0 Å². The van der Waals surface area contributed by atoms with Gasteiger partial charge in [0.25, 0.3) is 0 Å². The van der Waals surface area contributed by atoms with Gasteiger partial charge in [0.05, 0.1) is 5.38 Å². The maximum absolute atomic E-state index is 5.96. The maximum Gasteiger partial charge on any atom is 0.148 e. The molecule has 0 fully saturated rings. The van der Waals surface area contributed by atoms with Gasteiger partial charge >= 0.3 is 0 Å². The average molecular weight is 383 g/mol. The number of alkyl halides is 1. The Bertz CT molecular complexity index is 513. The van der Waals surface area contributed by atoms with Crippen LogP contribution in [0.25, 0.3) is 10.6 Å². The first-order chi connectivity index (χ1) is 7.58. The Balaban J connectivity index is 2.42. The number of rotatable bonds is 2. The molecule has 1 aromatic heterocycles. The normalized spacial score (nSPS) is 12.8. The van der Waals surface area contributed by atoms with E-state index in [0.717, 1.165) is 24.5 Å². The molecule has 0 radical (unpaired) electrons. The van der Waals surface area contributed by atoms with Gasteiger partial charge in [0, 0.05) is 14.5 Å². The quantitative estimate of drug-likeness (QED) is 0.681. The van der Waals surface area contributed by atoms with Crippen molar-refractivity contribution in [3.8, 4) is 10.6 Å². The van der Waals surface area contributed by atoms with E-state index in [9.17, 15) is 0 Å². The Morgan fingerprint density at radius 2 is 2.06 bits per heavy atom. The molecule has 0 N–H and O–H groups in total. The molecule has 84 valence electrons. The van der Waals surface area contributed by atoms with Crippen molar-refractivity contribution in [2.45, 2.75) is 12.3 Å². The predicted octanol–water partition coefficient (Wildman–Crippen LogP) is 5.03. The first kappa shape index (κ1) is 12.5. The van der Waals surface area contributed by atoms with Crippen molar-refractivity contribution < 1.29 is 0 Å². The largest absolute Gasteiger partial charge is 0.148 e. The van der Waals surface area contributed by atoms with Crippen molar-refractivity contribution in [3.05, 3.63) is 32.2 Å². The average Bonchev–Trinajstić information content (AvgIpc) is 2.66. The van der Waals surface area contributed by atoms with Crippen LogP contribution in [0.5, 0.6) is 0 Å². The Kier molecular flexibility index (Phi) is 4.00. The minimum Gasteiger partial charge on any atom is -0.142 e. The lowest BCUT2D eigenvalue weighted by Crippen LogP contribution is -1.81. The SMILES string of the molecule is CC(Cl)c1nnc(-c2ccc(Br)cc2Br)s1. The molecule has 2 rings (SSSR count). The van der Waals surface area contributed by atoms with Gasteiger partial charge in [0.1, 0.15) is 10.0 Å². The summed E-state index contributed by atoms with van der Waals surface area (Å²) in [5.74, 6) is 0. The highest BCUT2D eigenvalue weighted by atomic mass is 79.9. The first-order valence-corrected chi connectivity index (χ1v) is 7.34. The molecule has 0 saturated heterocycles. The molecule has 2 nitrogen and oxygen atoms in total. The van der Waals surface area contributed by atoms with Crippen molar-refractivity contribution in [2.24, 2.45) is 0 Å². The molecule has 1 atom stereocenters. The van der Waals surface area contributed by atoms with Crippen LogP contribution in [0.4, 0.5) is 0 Å². The second-order valence-corrected chi connectivity index (χ2v) is 6.62. The van der Waals surface area contributed by atoms with E-state index in [-0.39, 0.29) is 5.38 Å². The number of hydrogen-bond donors (Lipinski definition) is 0. The van der Waals surface area contributed by atoms with Crippen LogP contribution in [0, 0.1) is 0 Å². The van der Waals surface area contributed by atoms with Crippen LogP contribution in [0.3, 0.4) is 0 Å². The van der Waals surface area contributed by atoms with E-state index in [2.05, 4.69) is 42.1 Å². The molecule has 16 heavy (non-hydrogen) atoms. The van der Waals surface area contributed by atoms with Gasteiger partial charge in [-0.15, -0.1) is 21.8 Å². The summed E-state index contributed by atoms with van der Waals surface area (Å²) in [6.07, 6.45) is 0. The van der Waals surface area contributed by atoms with Gasteiger partial charge < -0.3 is 0 Å². The second-order valence-electron chi connectivity index (χ2n) is 3.19. The van der Waals surface area contributed by atoms with Crippen LogP contribution in [0.2, 0.25) is 0 Å². The fraction of sp³-hybridized carbons (Fsp3) is 0.200. The summed E-state index contributed by atoms with van der Waals surface area (Å²) in [4.78, 5) is 0. The Labute approximate surface area is 119 Å². The van der Waals surface area contributed by atoms with E-state index in [4.69, 9.17) is 11.6 Å². The van der Waals surface area contributed by atoms with Crippen LogP contribution in [-0.2, 0) is 0 Å². The van der Waals surface area contributed by atoms with Gasteiger partial charge in [-0.25, -0.2) is 0 Å². The minimum atomic E-state index is -0.0968. The third-order valence-corrected chi connectivity index (χ3v) is 4.57. The Hall–Kier alpha value is 0.0300. The summed E-state index contributed by atoms with van der Waals surface area (Å²) < 4.78 is 2.02. The molecule has 0 bridgehead atoms. The predicted molar refractivity (Wildman–Crippen MR) is 75.0 cm³/mol. The highest BCUT2D eigenvalue weighted by molar-refractivity contribution is 9.11. The van der Waals surface area contributed by atoms with Gasteiger partial charge in [-0.3, -0.25) is 0 Å². The standard InChI is InChI=1S/C10H7Br2ClN2S/c1-5(13)9-14-15-10(16-9)7-3-2-6(11)4-8(7)12/h2-5H,1H3. The molecule has 0 aliphatic heterocycles. The molecule has 0 aliphatic carbocycles. The number of hydrogen-bond acceptors (Lipinski definition) is 3. The molecular formula is C10H7Br2ClN2S. The zero-order valence-electron chi connectivity index (χ0n) is 8.25. The minimum absolute atomic E-state index is 0.0968. The highest BCUT2D eigenvalue weighted by Gasteiger charge is 2.12. The molecule has 0 amide bonds. The van der Waals surface area contributed by atoms with Crippen LogP contribution < -0.4 is 0 Å². The van der Waals surface area contributed by atoms with E-state index in [1.165, 1.54) is 11.3 Å². The molecule has 0 saturated carbocycles. The monoisotopic (exact) mass is 380 g/mol. The van der Waals surface area contributed by atoms with Gasteiger partial charge in [-0.1, -0.05) is 43.2 Å². The summed E-state index contributed by atoms with van der Waals surface area (Å²) in [6.45, 7) is 1.89. The summed E-state index contributed by atoms with van der Waals surface area (Å²) in [5, 5.41) is 9.82. The van der Waals surface area contributed by atoms with Crippen LogP contribution in [0.15, 0.2) is 27.1 Å². The molecular weight excluding hydrogens is 375 g/mol. The fourth-order valence-corrected chi connectivity index (χ4v) is 3.52. The van der Waals surface area contributed by atoms with E-state index >= 15 is 0 Å². The lowest BCUT2D eigenvalue weighted by Gasteiger charge is -1.99. The highest BCUT2D eigenvalue weighted by Crippen LogP contribution is 2.34. The number of benzene rings is 1. The van der Waals surface area contributed by atoms with Gasteiger partial charge in [0.15, 0.2) is 0 Å². The third-order valence-electron chi connectivity index (χ3n) is 1.94. The molecule has 1 aromatic carbocycles.